The summed E-state index contributed by atoms with van der Waals surface area (Å²) in [5.41, 5.74) is 17.3. The number of imidazole rings is 1. The molecule has 0 aliphatic carbocycles. The number of benzene rings is 9. The van der Waals surface area contributed by atoms with Crippen LogP contribution in [0.5, 0.6) is 0 Å². The SMILES string of the molecule is c1ccc(-c2ccc(-c3ccc4oc5c(-c6cccc(-c7nc8ccccc8n7-c7ccccc7)c6)cc(-c6ccc(-c7ccccc7)cc6)cc5c4c3)cc2)cc1. The maximum atomic E-state index is 6.84. The van der Waals surface area contributed by atoms with Crippen molar-refractivity contribution in [2.45, 2.75) is 0 Å². The number of aromatic nitrogens is 2. The molecular formula is C55H36N2O. The Morgan fingerprint density at radius 3 is 1.52 bits per heavy atom. The predicted molar refractivity (Wildman–Crippen MR) is 241 cm³/mol. The summed E-state index contributed by atoms with van der Waals surface area (Å²) in [5.74, 6) is 0.894. The molecule has 11 aromatic rings. The van der Waals surface area contributed by atoms with Gasteiger partial charge in [0.05, 0.1) is 11.0 Å². The van der Waals surface area contributed by atoms with E-state index in [2.05, 4.69) is 211 Å². The van der Waals surface area contributed by atoms with E-state index in [1.165, 1.54) is 22.3 Å². The molecule has 0 atom stereocenters. The van der Waals surface area contributed by atoms with E-state index in [9.17, 15) is 0 Å². The molecule has 0 fully saturated rings. The molecule has 0 radical (unpaired) electrons. The molecule has 0 amide bonds. The molecule has 2 aromatic heterocycles. The van der Waals surface area contributed by atoms with Crippen molar-refractivity contribution >= 4 is 33.0 Å². The highest BCUT2D eigenvalue weighted by atomic mass is 16.3. The highest BCUT2D eigenvalue weighted by Gasteiger charge is 2.19. The molecule has 0 unspecified atom stereocenters. The summed E-state index contributed by atoms with van der Waals surface area (Å²) in [6.07, 6.45) is 0. The van der Waals surface area contributed by atoms with Crippen LogP contribution in [0.4, 0.5) is 0 Å². The standard InChI is InChI=1S/C55H36N2O/c1-4-13-37(14-5-1)39-23-27-41(28-24-39)43-31-32-53-49(34-43)50-36-46(42-29-25-40(26-30-42)38-15-6-2-7-16-38)35-48(54(50)58-53)44-17-12-18-45(33-44)55-56-51-21-10-11-22-52(51)57(55)47-19-8-3-9-20-47/h1-36H. The van der Waals surface area contributed by atoms with Gasteiger partial charge in [-0.1, -0.05) is 164 Å². The van der Waals surface area contributed by atoms with Gasteiger partial charge in [-0.3, -0.25) is 4.57 Å². The Morgan fingerprint density at radius 1 is 0.345 bits per heavy atom. The lowest BCUT2D eigenvalue weighted by Crippen LogP contribution is -1.97. The van der Waals surface area contributed by atoms with Crippen LogP contribution < -0.4 is 0 Å². The Balaban J connectivity index is 1.08. The minimum atomic E-state index is 0.861. The molecule has 0 bridgehead atoms. The topological polar surface area (TPSA) is 31.0 Å². The molecule has 272 valence electrons. The third kappa shape index (κ3) is 5.98. The summed E-state index contributed by atoms with van der Waals surface area (Å²) < 4.78 is 9.09. The molecule has 0 saturated carbocycles. The maximum Gasteiger partial charge on any atom is 0.145 e. The number of hydrogen-bond donors (Lipinski definition) is 0. The van der Waals surface area contributed by atoms with E-state index in [0.29, 0.717) is 0 Å². The molecule has 0 spiro atoms. The Kier molecular flexibility index (Phi) is 8.15. The van der Waals surface area contributed by atoms with E-state index in [1.54, 1.807) is 0 Å². The third-order valence-corrected chi connectivity index (χ3v) is 11.2. The summed E-state index contributed by atoms with van der Waals surface area (Å²) >= 11 is 0. The molecule has 2 heterocycles. The Hall–Kier alpha value is -7.75. The number of furan rings is 1. The first-order valence-electron chi connectivity index (χ1n) is 19.7. The Bertz CT molecular complexity index is 3230. The molecular weight excluding hydrogens is 705 g/mol. The van der Waals surface area contributed by atoms with Crippen LogP contribution in [0.3, 0.4) is 0 Å². The van der Waals surface area contributed by atoms with Crippen LogP contribution in [0.1, 0.15) is 0 Å². The van der Waals surface area contributed by atoms with E-state index in [-0.39, 0.29) is 0 Å². The Morgan fingerprint density at radius 2 is 0.845 bits per heavy atom. The van der Waals surface area contributed by atoms with Crippen LogP contribution in [0, 0.1) is 0 Å². The minimum absolute atomic E-state index is 0.861. The largest absolute Gasteiger partial charge is 0.455 e. The van der Waals surface area contributed by atoms with Crippen molar-refractivity contribution < 1.29 is 4.42 Å². The van der Waals surface area contributed by atoms with Gasteiger partial charge in [0.1, 0.15) is 17.0 Å². The van der Waals surface area contributed by atoms with Crippen molar-refractivity contribution in [2.24, 2.45) is 0 Å². The van der Waals surface area contributed by atoms with Crippen molar-refractivity contribution in [1.29, 1.82) is 0 Å². The quantitative estimate of drug-likeness (QED) is 0.163. The maximum absolute atomic E-state index is 6.84. The summed E-state index contributed by atoms with van der Waals surface area (Å²) in [6.45, 7) is 0. The van der Waals surface area contributed by atoms with Crippen LogP contribution in [0.2, 0.25) is 0 Å². The minimum Gasteiger partial charge on any atom is -0.455 e. The summed E-state index contributed by atoms with van der Waals surface area (Å²) in [4.78, 5) is 5.19. The second kappa shape index (κ2) is 14.1. The fourth-order valence-electron chi connectivity index (χ4n) is 8.29. The molecule has 0 saturated heterocycles. The van der Waals surface area contributed by atoms with Crippen LogP contribution in [0.15, 0.2) is 223 Å². The zero-order valence-corrected chi connectivity index (χ0v) is 31.6. The van der Waals surface area contributed by atoms with Gasteiger partial charge >= 0.3 is 0 Å². The molecule has 0 N–H and O–H groups in total. The second-order valence-electron chi connectivity index (χ2n) is 14.8. The first-order chi connectivity index (χ1) is 28.7. The normalized spacial score (nSPS) is 11.4. The van der Waals surface area contributed by atoms with Crippen molar-refractivity contribution in [2.75, 3.05) is 0 Å². The van der Waals surface area contributed by atoms with Crippen LogP contribution in [0.25, 0.3) is 106 Å². The van der Waals surface area contributed by atoms with Gasteiger partial charge in [-0.15, -0.1) is 0 Å². The van der Waals surface area contributed by atoms with Crippen LogP contribution >= 0.6 is 0 Å². The van der Waals surface area contributed by atoms with Gasteiger partial charge in [0.25, 0.3) is 0 Å². The molecule has 9 aromatic carbocycles. The fourth-order valence-corrected chi connectivity index (χ4v) is 8.29. The number of rotatable bonds is 7. The van der Waals surface area contributed by atoms with Crippen molar-refractivity contribution in [1.82, 2.24) is 9.55 Å². The van der Waals surface area contributed by atoms with Crippen LogP contribution in [-0.2, 0) is 0 Å². The number of hydrogen-bond acceptors (Lipinski definition) is 2. The highest BCUT2D eigenvalue weighted by Crippen LogP contribution is 2.42. The first-order valence-corrected chi connectivity index (χ1v) is 19.7. The number of fused-ring (bicyclic) bond motifs is 4. The predicted octanol–water partition coefficient (Wildman–Crippen LogP) is 14.9. The van der Waals surface area contributed by atoms with Gasteiger partial charge in [-0.05, 0) is 105 Å². The summed E-state index contributed by atoms with van der Waals surface area (Å²) in [5, 5.41) is 2.17. The van der Waals surface area contributed by atoms with E-state index in [0.717, 1.165) is 83.4 Å². The van der Waals surface area contributed by atoms with Gasteiger partial charge in [0.2, 0.25) is 0 Å². The zero-order chi connectivity index (χ0) is 38.4. The van der Waals surface area contributed by atoms with Gasteiger partial charge in [-0.2, -0.15) is 0 Å². The average Bonchev–Trinajstić information content (AvgIpc) is 3.88. The highest BCUT2D eigenvalue weighted by molar-refractivity contribution is 6.12. The van der Waals surface area contributed by atoms with Crippen molar-refractivity contribution in [3.8, 4) is 72.7 Å². The summed E-state index contributed by atoms with van der Waals surface area (Å²) in [7, 11) is 0. The van der Waals surface area contributed by atoms with E-state index >= 15 is 0 Å². The molecule has 3 heteroatoms. The lowest BCUT2D eigenvalue weighted by molar-refractivity contribution is 0.670. The number of nitrogens with zero attached hydrogens (tertiary/aromatic N) is 2. The molecule has 11 rings (SSSR count). The number of para-hydroxylation sites is 3. The van der Waals surface area contributed by atoms with E-state index < -0.39 is 0 Å². The van der Waals surface area contributed by atoms with Gasteiger partial charge in [-0.25, -0.2) is 4.98 Å². The van der Waals surface area contributed by atoms with E-state index in [4.69, 9.17) is 9.40 Å². The second-order valence-corrected chi connectivity index (χ2v) is 14.8. The third-order valence-electron chi connectivity index (χ3n) is 11.2. The molecule has 0 aliphatic heterocycles. The molecule has 0 aliphatic rings. The molecule has 58 heavy (non-hydrogen) atoms. The zero-order valence-electron chi connectivity index (χ0n) is 31.6. The monoisotopic (exact) mass is 740 g/mol. The average molecular weight is 741 g/mol. The van der Waals surface area contributed by atoms with Crippen molar-refractivity contribution in [3.63, 3.8) is 0 Å². The lowest BCUT2D eigenvalue weighted by Gasteiger charge is -2.12. The van der Waals surface area contributed by atoms with Crippen molar-refractivity contribution in [3.05, 3.63) is 218 Å². The first kappa shape index (κ1) is 33.6. The van der Waals surface area contributed by atoms with E-state index in [1.807, 2.05) is 12.1 Å². The summed E-state index contributed by atoms with van der Waals surface area (Å²) in [6, 6.07) is 77.5. The smallest absolute Gasteiger partial charge is 0.145 e. The van der Waals surface area contributed by atoms with Gasteiger partial charge in [0.15, 0.2) is 0 Å². The molecule has 3 nitrogen and oxygen atoms in total. The Labute approximate surface area is 336 Å². The van der Waals surface area contributed by atoms with Gasteiger partial charge < -0.3 is 4.42 Å². The fraction of sp³-hybridized carbons (Fsp3) is 0. The van der Waals surface area contributed by atoms with Crippen LogP contribution in [-0.4, -0.2) is 9.55 Å². The lowest BCUT2D eigenvalue weighted by atomic mass is 9.93. The van der Waals surface area contributed by atoms with Gasteiger partial charge in [0, 0.05) is 27.6 Å².